The molecule has 0 amide bonds. The standard InChI is InChI=1S/C20H32F2O5/c1-2-3-11-19(21,22)20(26)12-10-15-14(16(23)13-17(15)27-20)8-6-4-5-7-9-18(24)25/h14-15,17,26H,2-13H2,1H3,(H,24,25)/t14-,15-,17+,20-/m1/s1. The Labute approximate surface area is 159 Å². The lowest BCUT2D eigenvalue weighted by atomic mass is 9.81. The van der Waals surface area contributed by atoms with Gasteiger partial charge in [0.05, 0.1) is 6.10 Å². The third kappa shape index (κ3) is 5.47. The lowest BCUT2D eigenvalue weighted by Gasteiger charge is -2.43. The first kappa shape index (κ1) is 22.2. The summed E-state index contributed by atoms with van der Waals surface area (Å²) in [5, 5.41) is 19.1. The summed E-state index contributed by atoms with van der Waals surface area (Å²) >= 11 is 0. The highest BCUT2D eigenvalue weighted by molar-refractivity contribution is 5.84. The van der Waals surface area contributed by atoms with Crippen LogP contribution in [0.2, 0.25) is 0 Å². The average molecular weight is 390 g/mol. The zero-order valence-electron chi connectivity index (χ0n) is 16.1. The van der Waals surface area contributed by atoms with Gasteiger partial charge in [-0.25, -0.2) is 8.78 Å². The Bertz CT molecular complexity index is 525. The van der Waals surface area contributed by atoms with Crippen LogP contribution >= 0.6 is 0 Å². The molecule has 156 valence electrons. The lowest BCUT2D eigenvalue weighted by molar-refractivity contribution is -0.356. The van der Waals surface area contributed by atoms with Gasteiger partial charge in [0.25, 0.3) is 0 Å². The van der Waals surface area contributed by atoms with Crippen molar-refractivity contribution in [3.8, 4) is 0 Å². The van der Waals surface area contributed by atoms with Gasteiger partial charge in [-0.15, -0.1) is 0 Å². The molecule has 7 heteroatoms. The van der Waals surface area contributed by atoms with Crippen molar-refractivity contribution in [1.82, 2.24) is 0 Å². The summed E-state index contributed by atoms with van der Waals surface area (Å²) in [6.07, 6.45) is 4.17. The van der Waals surface area contributed by atoms with Crippen molar-refractivity contribution in [3.05, 3.63) is 0 Å². The number of hydrogen-bond donors (Lipinski definition) is 2. The number of carbonyl (C=O) groups is 2. The zero-order valence-corrected chi connectivity index (χ0v) is 16.1. The van der Waals surface area contributed by atoms with Gasteiger partial charge in [0.1, 0.15) is 5.78 Å². The molecule has 2 fully saturated rings. The average Bonchev–Trinajstić information content (AvgIpc) is 2.90. The summed E-state index contributed by atoms with van der Waals surface area (Å²) < 4.78 is 34.3. The van der Waals surface area contributed by atoms with Gasteiger partial charge in [-0.1, -0.05) is 32.6 Å². The minimum atomic E-state index is -3.31. The van der Waals surface area contributed by atoms with Crippen LogP contribution in [-0.2, 0) is 14.3 Å². The first-order valence-corrected chi connectivity index (χ1v) is 10.2. The minimum absolute atomic E-state index is 0.0386. The fourth-order valence-corrected chi connectivity index (χ4v) is 4.42. The van der Waals surface area contributed by atoms with E-state index in [1.54, 1.807) is 0 Å². The number of aliphatic carboxylic acids is 1. The molecule has 4 atom stereocenters. The summed E-state index contributed by atoms with van der Waals surface area (Å²) in [5.41, 5.74) is 0. The smallest absolute Gasteiger partial charge is 0.303 e. The van der Waals surface area contributed by atoms with Crippen molar-refractivity contribution in [2.75, 3.05) is 0 Å². The van der Waals surface area contributed by atoms with Gasteiger partial charge in [-0.05, 0) is 31.6 Å². The SMILES string of the molecule is CCCCC(F)(F)[C@@]1(O)CC[C@H]2[C@H](CC(=O)[C@@H]2CCCCCCC(=O)O)O1. The van der Waals surface area contributed by atoms with Crippen molar-refractivity contribution < 1.29 is 33.3 Å². The second-order valence-electron chi connectivity index (χ2n) is 8.07. The quantitative estimate of drug-likeness (QED) is 0.514. The number of unbranched alkanes of at least 4 members (excludes halogenated alkanes) is 4. The predicted octanol–water partition coefficient (Wildman–Crippen LogP) is 4.31. The normalized spacial score (nSPS) is 31.1. The van der Waals surface area contributed by atoms with Crippen LogP contribution in [0.15, 0.2) is 0 Å². The van der Waals surface area contributed by atoms with Gasteiger partial charge < -0.3 is 14.9 Å². The van der Waals surface area contributed by atoms with E-state index in [1.165, 1.54) is 0 Å². The summed E-state index contributed by atoms with van der Waals surface area (Å²) in [6, 6.07) is 0. The number of hydrogen-bond acceptors (Lipinski definition) is 4. The van der Waals surface area contributed by atoms with E-state index in [1.807, 2.05) is 6.92 Å². The van der Waals surface area contributed by atoms with E-state index in [2.05, 4.69) is 0 Å². The molecule has 1 saturated carbocycles. The van der Waals surface area contributed by atoms with Crippen LogP contribution in [0.3, 0.4) is 0 Å². The number of carbonyl (C=O) groups excluding carboxylic acids is 1. The van der Waals surface area contributed by atoms with Gasteiger partial charge in [-0.3, -0.25) is 9.59 Å². The molecule has 0 bridgehead atoms. The highest BCUT2D eigenvalue weighted by atomic mass is 19.3. The van der Waals surface area contributed by atoms with Crippen LogP contribution in [0.4, 0.5) is 8.78 Å². The van der Waals surface area contributed by atoms with E-state index >= 15 is 0 Å². The van der Waals surface area contributed by atoms with Crippen molar-refractivity contribution in [2.24, 2.45) is 11.8 Å². The number of ketones is 1. The van der Waals surface area contributed by atoms with Crippen LogP contribution in [0, 0.1) is 11.8 Å². The molecule has 1 saturated heterocycles. The monoisotopic (exact) mass is 390 g/mol. The molecule has 5 nitrogen and oxygen atoms in total. The van der Waals surface area contributed by atoms with Gasteiger partial charge in [0, 0.05) is 31.6 Å². The van der Waals surface area contributed by atoms with E-state index in [-0.39, 0.29) is 36.9 Å². The maximum atomic E-state index is 14.4. The Balaban J connectivity index is 1.84. The number of halogens is 2. The summed E-state index contributed by atoms with van der Waals surface area (Å²) in [7, 11) is 0. The summed E-state index contributed by atoms with van der Waals surface area (Å²) in [5.74, 6) is -6.82. The molecule has 0 unspecified atom stereocenters. The van der Waals surface area contributed by atoms with Gasteiger partial charge >= 0.3 is 11.9 Å². The van der Waals surface area contributed by atoms with Gasteiger partial charge in [-0.2, -0.15) is 0 Å². The molecule has 2 aliphatic rings. The number of ether oxygens (including phenoxy) is 1. The molecule has 27 heavy (non-hydrogen) atoms. The molecule has 2 N–H and O–H groups in total. The molecule has 1 aliphatic carbocycles. The minimum Gasteiger partial charge on any atom is -0.481 e. The Hall–Kier alpha value is -1.08. The molecule has 1 heterocycles. The number of carboxylic acid groups (broad SMARTS) is 1. The van der Waals surface area contributed by atoms with E-state index in [0.717, 1.165) is 19.3 Å². The third-order valence-electron chi connectivity index (χ3n) is 6.04. The summed E-state index contributed by atoms with van der Waals surface area (Å²) in [4.78, 5) is 22.8. The number of Topliss-reactive ketones (excluding diaryl/α,β-unsaturated/α-hetero) is 1. The molecule has 0 spiro atoms. The fourth-order valence-electron chi connectivity index (χ4n) is 4.42. The van der Waals surface area contributed by atoms with Crippen LogP contribution < -0.4 is 0 Å². The van der Waals surface area contributed by atoms with Crippen molar-refractivity contribution >= 4 is 11.8 Å². The van der Waals surface area contributed by atoms with Crippen molar-refractivity contribution in [3.63, 3.8) is 0 Å². The second kappa shape index (κ2) is 9.41. The maximum absolute atomic E-state index is 14.4. The van der Waals surface area contributed by atoms with Crippen molar-refractivity contribution in [1.29, 1.82) is 0 Å². The Morgan fingerprint density at radius 2 is 1.96 bits per heavy atom. The molecule has 0 aromatic rings. The number of fused-ring (bicyclic) bond motifs is 1. The molecular weight excluding hydrogens is 358 g/mol. The van der Waals surface area contributed by atoms with E-state index in [4.69, 9.17) is 9.84 Å². The number of aliphatic hydroxyl groups is 1. The first-order chi connectivity index (χ1) is 12.7. The molecule has 0 radical (unpaired) electrons. The maximum Gasteiger partial charge on any atom is 0.303 e. The Morgan fingerprint density at radius 1 is 1.26 bits per heavy atom. The summed E-state index contributed by atoms with van der Waals surface area (Å²) in [6.45, 7) is 1.82. The number of alkyl halides is 2. The topological polar surface area (TPSA) is 83.8 Å². The van der Waals surface area contributed by atoms with Crippen LogP contribution in [0.1, 0.15) is 84.0 Å². The molecule has 0 aromatic heterocycles. The second-order valence-corrected chi connectivity index (χ2v) is 8.07. The van der Waals surface area contributed by atoms with E-state index < -0.39 is 30.2 Å². The zero-order chi connectivity index (χ0) is 20.1. The highest BCUT2D eigenvalue weighted by Gasteiger charge is 2.59. The van der Waals surface area contributed by atoms with Crippen molar-refractivity contribution in [2.45, 2.75) is 102 Å². The first-order valence-electron chi connectivity index (χ1n) is 10.2. The van der Waals surface area contributed by atoms with E-state index in [9.17, 15) is 23.5 Å². The van der Waals surface area contributed by atoms with Crippen LogP contribution in [0.25, 0.3) is 0 Å². The predicted molar refractivity (Wildman–Crippen MR) is 95.5 cm³/mol. The van der Waals surface area contributed by atoms with E-state index in [0.29, 0.717) is 32.1 Å². The largest absolute Gasteiger partial charge is 0.481 e. The molecule has 2 rings (SSSR count). The third-order valence-corrected chi connectivity index (χ3v) is 6.04. The molecule has 1 aliphatic heterocycles. The number of rotatable bonds is 11. The lowest BCUT2D eigenvalue weighted by Crippen LogP contribution is -2.55. The van der Waals surface area contributed by atoms with Gasteiger partial charge in [0.2, 0.25) is 5.79 Å². The number of carboxylic acids is 1. The van der Waals surface area contributed by atoms with Crippen LogP contribution in [0.5, 0.6) is 0 Å². The molecule has 0 aromatic carbocycles. The molecular formula is C20H32F2O5. The highest BCUT2D eigenvalue weighted by Crippen LogP contribution is 2.49. The fraction of sp³-hybridized carbons (Fsp3) is 0.900. The van der Waals surface area contributed by atoms with Crippen LogP contribution in [-0.4, -0.2) is 39.8 Å². The van der Waals surface area contributed by atoms with Gasteiger partial charge in [0.15, 0.2) is 0 Å². The Kier molecular flexibility index (Phi) is 7.74. The Morgan fingerprint density at radius 3 is 2.63 bits per heavy atom.